The Kier molecular flexibility index (Phi) is 7.03. The second-order valence-corrected chi connectivity index (χ2v) is 5.28. The van der Waals surface area contributed by atoms with Crippen LogP contribution >= 0.6 is 35.6 Å². The number of carbonyl (C=O) groups is 1. The summed E-state index contributed by atoms with van der Waals surface area (Å²) in [5.74, 6) is 0.202. The SMILES string of the molecule is COc1c(Cl)cc(NC(=O)[C@H]2NCCO[C@@H]2C)cc1Cl.Cl. The smallest absolute Gasteiger partial charge is 0.244 e. The molecule has 0 aromatic heterocycles. The summed E-state index contributed by atoms with van der Waals surface area (Å²) in [6, 6.07) is 2.79. The van der Waals surface area contributed by atoms with Gasteiger partial charge in [-0.2, -0.15) is 0 Å². The van der Waals surface area contributed by atoms with E-state index in [4.69, 9.17) is 32.7 Å². The predicted octanol–water partition coefficient (Wildman–Crippen LogP) is 2.74. The number of carbonyl (C=O) groups excluding carboxylic acids is 1. The van der Waals surface area contributed by atoms with E-state index in [2.05, 4.69) is 10.6 Å². The van der Waals surface area contributed by atoms with Gasteiger partial charge in [-0.3, -0.25) is 4.79 Å². The molecule has 1 amide bonds. The van der Waals surface area contributed by atoms with Crippen LogP contribution < -0.4 is 15.4 Å². The number of hydrogen-bond acceptors (Lipinski definition) is 4. The lowest BCUT2D eigenvalue weighted by Crippen LogP contribution is -2.53. The van der Waals surface area contributed by atoms with Crippen molar-refractivity contribution >= 4 is 47.2 Å². The van der Waals surface area contributed by atoms with Crippen molar-refractivity contribution in [3.63, 3.8) is 0 Å². The third-order valence-electron chi connectivity index (χ3n) is 3.07. The molecule has 2 atom stereocenters. The molecular formula is C13H17Cl3N2O3. The molecule has 1 aliphatic rings. The fraction of sp³-hybridized carbons (Fsp3) is 0.462. The third-order valence-corrected chi connectivity index (χ3v) is 3.63. The first-order chi connectivity index (χ1) is 9.52. The van der Waals surface area contributed by atoms with E-state index < -0.39 is 6.04 Å². The van der Waals surface area contributed by atoms with Crippen LogP contribution in [0.3, 0.4) is 0 Å². The fourth-order valence-electron chi connectivity index (χ4n) is 2.07. The second kappa shape index (κ2) is 8.06. The molecule has 0 radical (unpaired) electrons. The van der Waals surface area contributed by atoms with Crippen LogP contribution in [-0.4, -0.2) is 38.3 Å². The number of halogens is 3. The first-order valence-corrected chi connectivity index (χ1v) is 6.97. The monoisotopic (exact) mass is 354 g/mol. The van der Waals surface area contributed by atoms with Gasteiger partial charge < -0.3 is 20.1 Å². The maximum absolute atomic E-state index is 12.2. The normalized spacial score (nSPS) is 21.3. The van der Waals surface area contributed by atoms with Gasteiger partial charge in [0.2, 0.25) is 5.91 Å². The number of amides is 1. The fourth-order valence-corrected chi connectivity index (χ4v) is 2.72. The van der Waals surface area contributed by atoms with Gasteiger partial charge in [-0.25, -0.2) is 0 Å². The van der Waals surface area contributed by atoms with E-state index in [0.717, 1.165) is 0 Å². The van der Waals surface area contributed by atoms with E-state index in [-0.39, 0.29) is 24.4 Å². The minimum atomic E-state index is -0.400. The number of methoxy groups -OCH3 is 1. The van der Waals surface area contributed by atoms with Crippen molar-refractivity contribution in [3.8, 4) is 5.75 Å². The first-order valence-electron chi connectivity index (χ1n) is 6.22. The lowest BCUT2D eigenvalue weighted by atomic mass is 10.1. The predicted molar refractivity (Wildman–Crippen MR) is 86.1 cm³/mol. The van der Waals surface area contributed by atoms with Crippen molar-refractivity contribution in [2.45, 2.75) is 19.1 Å². The zero-order valence-corrected chi connectivity index (χ0v) is 13.9. The van der Waals surface area contributed by atoms with Gasteiger partial charge in [-0.05, 0) is 19.1 Å². The molecule has 1 aromatic rings. The molecule has 0 unspecified atom stereocenters. The van der Waals surface area contributed by atoms with E-state index in [1.165, 1.54) is 7.11 Å². The van der Waals surface area contributed by atoms with E-state index in [9.17, 15) is 4.79 Å². The summed E-state index contributed by atoms with van der Waals surface area (Å²) in [4.78, 5) is 12.2. The van der Waals surface area contributed by atoms with Crippen LogP contribution in [0.2, 0.25) is 10.0 Å². The highest BCUT2D eigenvalue weighted by atomic mass is 35.5. The molecule has 5 nitrogen and oxygen atoms in total. The van der Waals surface area contributed by atoms with Crippen molar-refractivity contribution < 1.29 is 14.3 Å². The molecule has 8 heteroatoms. The minimum absolute atomic E-state index is 0. The molecule has 1 aliphatic heterocycles. The molecule has 2 N–H and O–H groups in total. The molecule has 1 aromatic carbocycles. The number of benzene rings is 1. The standard InChI is InChI=1S/C13H16Cl2N2O3.ClH/c1-7-11(16-3-4-20-7)13(18)17-8-5-9(14)12(19-2)10(15)6-8;/h5-7,11,16H,3-4H2,1-2H3,(H,17,18);1H/t7-,11+;/m1./s1. The van der Waals surface area contributed by atoms with Gasteiger partial charge in [0.25, 0.3) is 0 Å². The molecular weight excluding hydrogens is 339 g/mol. The molecule has 21 heavy (non-hydrogen) atoms. The van der Waals surface area contributed by atoms with Gasteiger partial charge in [-0.1, -0.05) is 23.2 Å². The summed E-state index contributed by atoms with van der Waals surface area (Å²) in [7, 11) is 1.48. The zero-order valence-electron chi connectivity index (χ0n) is 11.6. The van der Waals surface area contributed by atoms with Crippen LogP contribution in [0, 0.1) is 0 Å². The van der Waals surface area contributed by atoms with Crippen LogP contribution in [0.4, 0.5) is 5.69 Å². The van der Waals surface area contributed by atoms with Crippen molar-refractivity contribution in [3.05, 3.63) is 22.2 Å². The van der Waals surface area contributed by atoms with Crippen LogP contribution in [0.25, 0.3) is 0 Å². The topological polar surface area (TPSA) is 59.6 Å². The van der Waals surface area contributed by atoms with Crippen molar-refractivity contribution in [2.75, 3.05) is 25.6 Å². The van der Waals surface area contributed by atoms with Crippen molar-refractivity contribution in [2.24, 2.45) is 0 Å². The number of anilines is 1. The lowest BCUT2D eigenvalue weighted by molar-refractivity contribution is -0.123. The van der Waals surface area contributed by atoms with E-state index >= 15 is 0 Å². The molecule has 0 spiro atoms. The average Bonchev–Trinajstić information content (AvgIpc) is 2.38. The van der Waals surface area contributed by atoms with Crippen LogP contribution in [0.15, 0.2) is 12.1 Å². The molecule has 0 saturated carbocycles. The van der Waals surface area contributed by atoms with Gasteiger partial charge in [0.15, 0.2) is 5.75 Å². The Balaban J connectivity index is 0.00000220. The van der Waals surface area contributed by atoms with Crippen molar-refractivity contribution in [1.82, 2.24) is 5.32 Å². The highest BCUT2D eigenvalue weighted by Gasteiger charge is 2.28. The van der Waals surface area contributed by atoms with Gasteiger partial charge >= 0.3 is 0 Å². The second-order valence-electron chi connectivity index (χ2n) is 4.47. The molecule has 1 heterocycles. The zero-order chi connectivity index (χ0) is 14.7. The molecule has 0 bridgehead atoms. The van der Waals surface area contributed by atoms with Gasteiger partial charge in [0.05, 0.1) is 29.9 Å². The Morgan fingerprint density at radius 3 is 2.57 bits per heavy atom. The summed E-state index contributed by atoms with van der Waals surface area (Å²) < 4.78 is 10.5. The summed E-state index contributed by atoms with van der Waals surface area (Å²) in [5.41, 5.74) is 0.519. The lowest BCUT2D eigenvalue weighted by Gasteiger charge is -2.29. The van der Waals surface area contributed by atoms with Gasteiger partial charge in [0, 0.05) is 12.2 Å². The summed E-state index contributed by atoms with van der Waals surface area (Å²) in [5, 5.41) is 6.57. The maximum atomic E-state index is 12.2. The van der Waals surface area contributed by atoms with E-state index in [1.807, 2.05) is 6.92 Å². The Bertz CT molecular complexity index is 490. The first kappa shape index (κ1) is 18.3. The van der Waals surface area contributed by atoms with Gasteiger partial charge in [0.1, 0.15) is 6.04 Å². The quantitative estimate of drug-likeness (QED) is 0.875. The van der Waals surface area contributed by atoms with Crippen LogP contribution in [0.1, 0.15) is 6.92 Å². The summed E-state index contributed by atoms with van der Waals surface area (Å²) in [6.07, 6.45) is -0.187. The number of rotatable bonds is 3. The molecule has 2 rings (SSSR count). The third kappa shape index (κ3) is 4.37. The Hall–Kier alpha value is -0.720. The van der Waals surface area contributed by atoms with E-state index in [1.54, 1.807) is 12.1 Å². The molecule has 0 aliphatic carbocycles. The Morgan fingerprint density at radius 2 is 2.05 bits per heavy atom. The number of nitrogens with one attached hydrogen (secondary N) is 2. The van der Waals surface area contributed by atoms with E-state index in [0.29, 0.717) is 34.6 Å². The largest absolute Gasteiger partial charge is 0.494 e. The molecule has 118 valence electrons. The summed E-state index contributed by atoms with van der Waals surface area (Å²) in [6.45, 7) is 3.10. The Labute approximate surface area is 139 Å². The van der Waals surface area contributed by atoms with Crippen LogP contribution in [-0.2, 0) is 9.53 Å². The average molecular weight is 356 g/mol. The van der Waals surface area contributed by atoms with Crippen LogP contribution in [0.5, 0.6) is 5.75 Å². The molecule has 1 fully saturated rings. The number of morpholine rings is 1. The maximum Gasteiger partial charge on any atom is 0.244 e. The van der Waals surface area contributed by atoms with Crippen molar-refractivity contribution in [1.29, 1.82) is 0 Å². The minimum Gasteiger partial charge on any atom is -0.494 e. The summed E-state index contributed by atoms with van der Waals surface area (Å²) >= 11 is 12.1. The highest BCUT2D eigenvalue weighted by Crippen LogP contribution is 2.35. The number of ether oxygens (including phenoxy) is 2. The Morgan fingerprint density at radius 1 is 1.43 bits per heavy atom. The van der Waals surface area contributed by atoms with Gasteiger partial charge in [-0.15, -0.1) is 12.4 Å². The molecule has 1 saturated heterocycles. The highest BCUT2D eigenvalue weighted by molar-refractivity contribution is 6.37. The number of hydrogen-bond donors (Lipinski definition) is 2.